The number of alkyl carbamates (subject to hydrolysis) is 1. The molecule has 2 rings (SSSR count). The zero-order valence-electron chi connectivity index (χ0n) is 14.6. The number of imidazole rings is 1. The second-order valence-corrected chi connectivity index (χ2v) is 6.93. The van der Waals surface area contributed by atoms with Crippen LogP contribution < -0.4 is 5.32 Å². The van der Waals surface area contributed by atoms with Crippen molar-refractivity contribution in [1.29, 1.82) is 0 Å². The summed E-state index contributed by atoms with van der Waals surface area (Å²) in [4.78, 5) is 27.4. The van der Waals surface area contributed by atoms with Gasteiger partial charge >= 0.3 is 12.1 Å². The number of carbonyl (C=O) groups is 2. The number of rotatable bonds is 10. The standard InChI is InChI=1S/C18H23N3O4S/c1-21-10-9-19-16(21)8-12-26-11-7-15(17(22)23)20-18(24)25-13-14-5-3-2-4-6-14/h2-6,9-10,15H,7-8,11-13H2,1H3,(H,20,24)(H,22,23). The molecule has 0 radical (unpaired) electrons. The maximum Gasteiger partial charge on any atom is 0.408 e. The minimum Gasteiger partial charge on any atom is -0.480 e. The van der Waals surface area contributed by atoms with Crippen molar-refractivity contribution in [3.63, 3.8) is 0 Å². The summed E-state index contributed by atoms with van der Waals surface area (Å²) in [6.45, 7) is 0.109. The van der Waals surface area contributed by atoms with Crippen LogP contribution in [0.4, 0.5) is 4.79 Å². The van der Waals surface area contributed by atoms with E-state index in [9.17, 15) is 14.7 Å². The van der Waals surface area contributed by atoms with Gasteiger partial charge in [-0.1, -0.05) is 30.3 Å². The minimum absolute atomic E-state index is 0.109. The molecule has 0 bridgehead atoms. The average molecular weight is 377 g/mol. The van der Waals surface area contributed by atoms with Gasteiger partial charge in [0.25, 0.3) is 0 Å². The van der Waals surface area contributed by atoms with Crippen LogP contribution in [0.15, 0.2) is 42.7 Å². The van der Waals surface area contributed by atoms with Gasteiger partial charge in [0, 0.05) is 31.6 Å². The molecule has 7 nitrogen and oxygen atoms in total. The van der Waals surface area contributed by atoms with E-state index >= 15 is 0 Å². The lowest BCUT2D eigenvalue weighted by Gasteiger charge is -2.14. The maximum atomic E-state index is 11.8. The topological polar surface area (TPSA) is 93.5 Å². The first-order chi connectivity index (χ1) is 12.6. The molecule has 0 saturated carbocycles. The van der Waals surface area contributed by atoms with Gasteiger partial charge < -0.3 is 19.7 Å². The second kappa shape index (κ2) is 10.5. The van der Waals surface area contributed by atoms with Gasteiger partial charge in [-0.3, -0.25) is 0 Å². The van der Waals surface area contributed by atoms with E-state index in [2.05, 4.69) is 10.3 Å². The fourth-order valence-electron chi connectivity index (χ4n) is 2.27. The highest BCUT2D eigenvalue weighted by Crippen LogP contribution is 2.09. The average Bonchev–Trinajstić information content (AvgIpc) is 3.04. The van der Waals surface area contributed by atoms with Gasteiger partial charge in [-0.25, -0.2) is 14.6 Å². The molecule has 0 spiro atoms. The van der Waals surface area contributed by atoms with Gasteiger partial charge in [-0.15, -0.1) is 0 Å². The van der Waals surface area contributed by atoms with E-state index in [1.54, 1.807) is 18.0 Å². The van der Waals surface area contributed by atoms with E-state index in [0.717, 1.165) is 23.6 Å². The van der Waals surface area contributed by atoms with Crippen molar-refractivity contribution in [2.24, 2.45) is 7.05 Å². The lowest BCUT2D eigenvalue weighted by atomic mass is 10.2. The number of nitrogens with one attached hydrogen (secondary N) is 1. The number of ether oxygens (including phenoxy) is 1. The first kappa shape index (κ1) is 19.8. The number of aliphatic carboxylic acids is 1. The highest BCUT2D eigenvalue weighted by atomic mass is 32.2. The third kappa shape index (κ3) is 6.79. The van der Waals surface area contributed by atoms with Crippen molar-refractivity contribution in [2.75, 3.05) is 11.5 Å². The molecule has 1 heterocycles. The van der Waals surface area contributed by atoms with E-state index < -0.39 is 18.1 Å². The lowest BCUT2D eigenvalue weighted by Crippen LogP contribution is -2.41. The Bertz CT molecular complexity index is 705. The van der Waals surface area contributed by atoms with Crippen LogP contribution in [0.5, 0.6) is 0 Å². The molecule has 0 aliphatic rings. The van der Waals surface area contributed by atoms with Crippen LogP contribution in [0.25, 0.3) is 0 Å². The Hall–Kier alpha value is -2.48. The summed E-state index contributed by atoms with van der Waals surface area (Å²) in [5.74, 6) is 1.40. The molecule has 2 N–H and O–H groups in total. The summed E-state index contributed by atoms with van der Waals surface area (Å²) >= 11 is 1.63. The zero-order valence-corrected chi connectivity index (χ0v) is 15.4. The van der Waals surface area contributed by atoms with Crippen LogP contribution >= 0.6 is 11.8 Å². The van der Waals surface area contributed by atoms with E-state index in [0.29, 0.717) is 12.2 Å². The Balaban J connectivity index is 1.66. The van der Waals surface area contributed by atoms with Gasteiger partial charge in [0.05, 0.1) is 0 Å². The number of hydrogen-bond donors (Lipinski definition) is 2. The summed E-state index contributed by atoms with van der Waals surface area (Å²) in [6, 6.07) is 8.27. The quantitative estimate of drug-likeness (QED) is 0.618. The van der Waals surface area contributed by atoms with Gasteiger partial charge in [-0.05, 0) is 17.7 Å². The van der Waals surface area contributed by atoms with Crippen LogP contribution in [0.1, 0.15) is 17.8 Å². The smallest absolute Gasteiger partial charge is 0.408 e. The number of carboxylic acids is 1. The molecule has 1 aromatic heterocycles. The summed E-state index contributed by atoms with van der Waals surface area (Å²) in [7, 11) is 1.94. The molecule has 0 saturated heterocycles. The number of hydrogen-bond acceptors (Lipinski definition) is 5. The zero-order chi connectivity index (χ0) is 18.8. The van der Waals surface area contributed by atoms with Gasteiger partial charge in [0.2, 0.25) is 0 Å². The molecule has 0 aliphatic carbocycles. The summed E-state index contributed by atoms with van der Waals surface area (Å²) < 4.78 is 7.03. The van der Waals surface area contributed by atoms with Crippen LogP contribution in [-0.4, -0.2) is 44.3 Å². The van der Waals surface area contributed by atoms with Crippen molar-refractivity contribution in [3.8, 4) is 0 Å². The third-order valence-electron chi connectivity index (χ3n) is 3.74. The van der Waals surface area contributed by atoms with Crippen LogP contribution in [0.3, 0.4) is 0 Å². The number of nitrogens with zero attached hydrogens (tertiary/aromatic N) is 2. The SMILES string of the molecule is Cn1ccnc1CCSCCC(NC(=O)OCc1ccccc1)C(=O)O. The number of aromatic nitrogens is 2. The molecule has 1 atom stereocenters. The number of aryl methyl sites for hydroxylation is 2. The molecule has 1 amide bonds. The molecular weight excluding hydrogens is 354 g/mol. The summed E-state index contributed by atoms with van der Waals surface area (Å²) in [5.41, 5.74) is 0.847. The molecule has 1 unspecified atom stereocenters. The molecule has 0 aliphatic heterocycles. The van der Waals surface area contributed by atoms with E-state index in [1.165, 1.54) is 0 Å². The van der Waals surface area contributed by atoms with Crippen molar-refractivity contribution in [2.45, 2.75) is 25.5 Å². The second-order valence-electron chi connectivity index (χ2n) is 5.70. The lowest BCUT2D eigenvalue weighted by molar-refractivity contribution is -0.139. The monoisotopic (exact) mass is 377 g/mol. The molecule has 8 heteroatoms. The number of thioether (sulfide) groups is 1. The van der Waals surface area contributed by atoms with Crippen molar-refractivity contribution < 1.29 is 19.4 Å². The van der Waals surface area contributed by atoms with Gasteiger partial charge in [0.1, 0.15) is 18.5 Å². The Labute approximate surface area is 156 Å². The van der Waals surface area contributed by atoms with Crippen molar-refractivity contribution in [1.82, 2.24) is 14.9 Å². The molecule has 1 aromatic carbocycles. The Morgan fingerprint density at radius 1 is 1.31 bits per heavy atom. The summed E-state index contributed by atoms with van der Waals surface area (Å²) in [6.07, 6.45) is 4.08. The van der Waals surface area contributed by atoms with Gasteiger partial charge in [0.15, 0.2) is 0 Å². The van der Waals surface area contributed by atoms with Crippen molar-refractivity contribution in [3.05, 3.63) is 54.1 Å². The predicted octanol–water partition coefficient (Wildman–Crippen LogP) is 2.47. The molecule has 140 valence electrons. The largest absolute Gasteiger partial charge is 0.480 e. The normalized spacial score (nSPS) is 11.7. The molecule has 0 fully saturated rings. The number of amides is 1. The minimum atomic E-state index is -1.06. The Morgan fingerprint density at radius 2 is 2.08 bits per heavy atom. The van der Waals surface area contributed by atoms with Crippen LogP contribution in [-0.2, 0) is 29.6 Å². The fourth-order valence-corrected chi connectivity index (χ4v) is 3.20. The fraction of sp³-hybridized carbons (Fsp3) is 0.389. The van der Waals surface area contributed by atoms with E-state index in [1.807, 2.05) is 48.1 Å². The molecule has 26 heavy (non-hydrogen) atoms. The number of carboxylic acid groups (broad SMARTS) is 1. The maximum absolute atomic E-state index is 11.8. The predicted molar refractivity (Wildman–Crippen MR) is 100 cm³/mol. The molecule has 2 aromatic rings. The highest BCUT2D eigenvalue weighted by Gasteiger charge is 2.20. The highest BCUT2D eigenvalue weighted by molar-refractivity contribution is 7.99. The van der Waals surface area contributed by atoms with E-state index in [4.69, 9.17) is 4.74 Å². The number of carbonyl (C=O) groups excluding carboxylic acids is 1. The summed E-state index contributed by atoms with van der Waals surface area (Å²) in [5, 5.41) is 11.7. The van der Waals surface area contributed by atoms with Crippen LogP contribution in [0.2, 0.25) is 0 Å². The van der Waals surface area contributed by atoms with Gasteiger partial charge in [-0.2, -0.15) is 11.8 Å². The molecular formula is C18H23N3O4S. The Morgan fingerprint density at radius 3 is 2.73 bits per heavy atom. The number of benzene rings is 1. The van der Waals surface area contributed by atoms with E-state index in [-0.39, 0.29) is 6.61 Å². The Kier molecular flexibility index (Phi) is 8.01. The van der Waals surface area contributed by atoms with Crippen LogP contribution in [0, 0.1) is 0 Å². The van der Waals surface area contributed by atoms with Crippen molar-refractivity contribution >= 4 is 23.8 Å². The first-order valence-corrected chi connectivity index (χ1v) is 9.45. The first-order valence-electron chi connectivity index (χ1n) is 8.30. The third-order valence-corrected chi connectivity index (χ3v) is 4.76.